The molecule has 1 aromatic heterocycles. The van der Waals surface area contributed by atoms with Crippen molar-refractivity contribution in [1.29, 1.82) is 0 Å². The molecule has 2 heterocycles. The zero-order valence-corrected chi connectivity index (χ0v) is 16.5. The summed E-state index contributed by atoms with van der Waals surface area (Å²) in [5.74, 6) is -2.01. The Morgan fingerprint density at radius 1 is 1.32 bits per heavy atom. The van der Waals surface area contributed by atoms with E-state index in [1.807, 2.05) is 24.3 Å². The van der Waals surface area contributed by atoms with Gasteiger partial charge >= 0.3 is 12.1 Å². The average Bonchev–Trinajstić information content (AvgIpc) is 3.02. The van der Waals surface area contributed by atoms with Crippen molar-refractivity contribution in [3.8, 4) is 0 Å². The molecule has 0 spiro atoms. The van der Waals surface area contributed by atoms with E-state index in [1.54, 1.807) is 25.7 Å². The van der Waals surface area contributed by atoms with E-state index in [1.165, 1.54) is 0 Å². The van der Waals surface area contributed by atoms with E-state index in [-0.39, 0.29) is 6.42 Å². The summed E-state index contributed by atoms with van der Waals surface area (Å²) >= 11 is 0. The molecule has 0 bridgehead atoms. The Labute approximate surface area is 163 Å². The van der Waals surface area contributed by atoms with Gasteiger partial charge in [0, 0.05) is 23.1 Å². The number of rotatable bonds is 3. The Morgan fingerprint density at radius 2 is 2.04 bits per heavy atom. The number of carbonyl (C=O) groups is 2. The second-order valence-electron chi connectivity index (χ2n) is 7.78. The summed E-state index contributed by atoms with van der Waals surface area (Å²) in [6, 6.07) is 7.41. The normalized spacial score (nSPS) is 17.4. The zero-order valence-electron chi connectivity index (χ0n) is 16.5. The first-order chi connectivity index (χ1) is 13.2. The van der Waals surface area contributed by atoms with Crippen LogP contribution >= 0.6 is 0 Å². The minimum absolute atomic E-state index is 0.125. The zero-order chi connectivity index (χ0) is 20.5. The highest BCUT2D eigenvalue weighted by atomic mass is 19.1. The summed E-state index contributed by atoms with van der Waals surface area (Å²) < 4.78 is 23.9. The maximum atomic E-state index is 14.0. The summed E-state index contributed by atoms with van der Waals surface area (Å²) in [6.07, 6.45) is 1.49. The molecule has 6 nitrogen and oxygen atoms in total. The number of esters is 1. The van der Waals surface area contributed by atoms with E-state index in [0.717, 1.165) is 35.3 Å². The molecule has 3 rings (SSSR count). The topological polar surface area (TPSA) is 71.6 Å². The van der Waals surface area contributed by atoms with Crippen LogP contribution in [0.25, 0.3) is 10.9 Å². The molecule has 7 heteroatoms. The van der Waals surface area contributed by atoms with E-state index in [9.17, 15) is 14.0 Å². The van der Waals surface area contributed by atoms with Crippen LogP contribution in [0.4, 0.5) is 9.18 Å². The first kappa shape index (κ1) is 19.9. The fourth-order valence-corrected chi connectivity index (χ4v) is 3.50. The average molecular weight is 388 g/mol. The lowest BCUT2D eigenvalue weighted by Crippen LogP contribution is -2.43. The van der Waals surface area contributed by atoms with Gasteiger partial charge in [0.2, 0.25) is 5.83 Å². The van der Waals surface area contributed by atoms with Gasteiger partial charge < -0.3 is 14.5 Å². The van der Waals surface area contributed by atoms with Crippen LogP contribution in [-0.2, 0) is 20.7 Å². The molecular formula is C21H25FN2O4. The molecule has 2 aromatic rings. The number of hydrogen-bond donors (Lipinski definition) is 1. The Hall–Kier alpha value is -2.83. The second-order valence-corrected chi connectivity index (χ2v) is 7.78. The van der Waals surface area contributed by atoms with Crippen molar-refractivity contribution in [3.05, 3.63) is 47.4 Å². The first-order valence-corrected chi connectivity index (χ1v) is 9.24. The molecule has 0 saturated carbocycles. The van der Waals surface area contributed by atoms with Crippen molar-refractivity contribution in [2.75, 3.05) is 13.7 Å². The number of hydrogen-bond acceptors (Lipinski definition) is 4. The van der Waals surface area contributed by atoms with Crippen molar-refractivity contribution < 1.29 is 23.5 Å². The van der Waals surface area contributed by atoms with Gasteiger partial charge in [-0.3, -0.25) is 4.90 Å². The van der Waals surface area contributed by atoms with Crippen molar-refractivity contribution in [2.45, 2.75) is 45.3 Å². The van der Waals surface area contributed by atoms with E-state index < -0.39 is 29.5 Å². The van der Waals surface area contributed by atoms with Crippen LogP contribution in [-0.4, -0.2) is 41.2 Å². The maximum absolute atomic E-state index is 14.0. The SMILES string of the molecule is COC(=O)/C(F)=C\CC1c2[nH]c3ccccc3c2CCN1C(=O)OC(C)(C)C. The predicted octanol–water partition coefficient (Wildman–Crippen LogP) is 4.42. The number of aromatic amines is 1. The van der Waals surface area contributed by atoms with Gasteiger partial charge in [-0.25, -0.2) is 9.59 Å². The summed E-state index contributed by atoms with van der Waals surface area (Å²) in [4.78, 5) is 29.1. The number of ether oxygens (including phenoxy) is 2. The van der Waals surface area contributed by atoms with Gasteiger partial charge in [-0.05, 0) is 51.3 Å². The molecule has 28 heavy (non-hydrogen) atoms. The highest BCUT2D eigenvalue weighted by molar-refractivity contribution is 5.86. The molecular weight excluding hydrogens is 363 g/mol. The van der Waals surface area contributed by atoms with Gasteiger partial charge in [0.05, 0.1) is 13.2 Å². The fraction of sp³-hybridized carbons (Fsp3) is 0.429. The standard InChI is InChI=1S/C21H25FN2O4/c1-21(2,3)28-20(26)24-12-11-14-13-7-5-6-8-16(13)23-18(14)17(24)10-9-15(22)19(25)27-4/h5-9,17,23H,10-12H2,1-4H3/b15-9+. The summed E-state index contributed by atoms with van der Waals surface area (Å²) in [7, 11) is 1.12. The number of methoxy groups -OCH3 is 1. The van der Waals surface area contributed by atoms with Crippen molar-refractivity contribution in [3.63, 3.8) is 0 Å². The molecule has 1 N–H and O–H groups in total. The van der Waals surface area contributed by atoms with Crippen LogP contribution in [0.5, 0.6) is 0 Å². The third-order valence-electron chi connectivity index (χ3n) is 4.69. The summed E-state index contributed by atoms with van der Waals surface area (Å²) in [5.41, 5.74) is 2.26. The van der Waals surface area contributed by atoms with Gasteiger partial charge in [-0.2, -0.15) is 4.39 Å². The number of carbonyl (C=O) groups excluding carboxylic acids is 2. The monoisotopic (exact) mass is 388 g/mol. The van der Waals surface area contributed by atoms with Crippen molar-refractivity contribution in [1.82, 2.24) is 9.88 Å². The molecule has 0 fully saturated rings. The van der Waals surface area contributed by atoms with E-state index in [4.69, 9.17) is 4.74 Å². The minimum Gasteiger partial charge on any atom is -0.464 e. The molecule has 0 aliphatic carbocycles. The number of benzene rings is 1. The van der Waals surface area contributed by atoms with Crippen molar-refractivity contribution >= 4 is 23.0 Å². The lowest BCUT2D eigenvalue weighted by Gasteiger charge is -2.36. The Balaban J connectivity index is 1.99. The van der Waals surface area contributed by atoms with Crippen LogP contribution in [0.2, 0.25) is 0 Å². The van der Waals surface area contributed by atoms with Crippen molar-refractivity contribution in [2.24, 2.45) is 0 Å². The number of nitrogens with one attached hydrogen (secondary N) is 1. The number of fused-ring (bicyclic) bond motifs is 3. The Kier molecular flexibility index (Phi) is 5.45. The molecule has 1 aliphatic heterocycles. The summed E-state index contributed by atoms with van der Waals surface area (Å²) in [5, 5.41) is 1.09. The third-order valence-corrected chi connectivity index (χ3v) is 4.69. The van der Waals surface area contributed by atoms with Crippen LogP contribution in [0, 0.1) is 0 Å². The van der Waals surface area contributed by atoms with Gasteiger partial charge in [0.15, 0.2) is 0 Å². The Morgan fingerprint density at radius 3 is 2.71 bits per heavy atom. The van der Waals surface area contributed by atoms with Crippen LogP contribution < -0.4 is 0 Å². The van der Waals surface area contributed by atoms with Gasteiger partial charge in [-0.15, -0.1) is 0 Å². The molecule has 1 aliphatic rings. The van der Waals surface area contributed by atoms with Crippen LogP contribution in [0.3, 0.4) is 0 Å². The maximum Gasteiger partial charge on any atom is 0.410 e. The molecule has 0 saturated heterocycles. The molecule has 1 aromatic carbocycles. The number of amides is 1. The number of nitrogens with zero attached hydrogens (tertiary/aromatic N) is 1. The quantitative estimate of drug-likeness (QED) is 0.624. The van der Waals surface area contributed by atoms with Gasteiger partial charge in [0.1, 0.15) is 5.60 Å². The van der Waals surface area contributed by atoms with E-state index >= 15 is 0 Å². The van der Waals surface area contributed by atoms with Crippen LogP contribution in [0.1, 0.15) is 44.5 Å². The lowest BCUT2D eigenvalue weighted by molar-refractivity contribution is -0.137. The molecule has 1 unspecified atom stereocenters. The third kappa shape index (κ3) is 4.03. The lowest BCUT2D eigenvalue weighted by atomic mass is 9.95. The molecule has 1 atom stereocenters. The molecule has 1 amide bonds. The molecule has 0 radical (unpaired) electrons. The highest BCUT2D eigenvalue weighted by Crippen LogP contribution is 2.37. The minimum atomic E-state index is -1.03. The van der Waals surface area contributed by atoms with E-state index in [0.29, 0.717) is 13.0 Å². The number of para-hydroxylation sites is 1. The fourth-order valence-electron chi connectivity index (χ4n) is 3.50. The first-order valence-electron chi connectivity index (χ1n) is 9.24. The molecule has 150 valence electrons. The number of aromatic nitrogens is 1. The number of halogens is 1. The van der Waals surface area contributed by atoms with Gasteiger partial charge in [0.25, 0.3) is 0 Å². The predicted molar refractivity (Wildman–Crippen MR) is 104 cm³/mol. The summed E-state index contributed by atoms with van der Waals surface area (Å²) in [6.45, 7) is 5.85. The largest absolute Gasteiger partial charge is 0.464 e. The van der Waals surface area contributed by atoms with E-state index in [2.05, 4.69) is 9.72 Å². The smallest absolute Gasteiger partial charge is 0.410 e. The second kappa shape index (κ2) is 7.66. The van der Waals surface area contributed by atoms with Gasteiger partial charge in [-0.1, -0.05) is 18.2 Å². The van der Waals surface area contributed by atoms with Crippen LogP contribution in [0.15, 0.2) is 36.2 Å². The highest BCUT2D eigenvalue weighted by Gasteiger charge is 2.35. The Bertz CT molecular complexity index is 926. The number of H-pyrrole nitrogens is 1.